The number of fused-ring (bicyclic) bond motifs is 3. The molecule has 1 aromatic carbocycles. The third kappa shape index (κ3) is 5.94. The van der Waals surface area contributed by atoms with Gasteiger partial charge in [0.25, 0.3) is 6.43 Å². The zero-order valence-corrected chi connectivity index (χ0v) is 23.8. The fourth-order valence-corrected chi connectivity index (χ4v) is 6.95. The van der Waals surface area contributed by atoms with Gasteiger partial charge in [-0.2, -0.15) is 0 Å². The number of ether oxygens (including phenoxy) is 4. The number of nitrogens with zero attached hydrogens (tertiary/aromatic N) is 1. The number of esters is 2. The molecule has 3 aliphatic heterocycles. The second kappa shape index (κ2) is 11.1. The van der Waals surface area contributed by atoms with Crippen molar-refractivity contribution >= 4 is 11.9 Å². The van der Waals surface area contributed by atoms with Crippen LogP contribution < -0.4 is 9.47 Å². The van der Waals surface area contributed by atoms with E-state index in [0.29, 0.717) is 11.5 Å². The topological polar surface area (TPSA) is 115 Å². The molecule has 41 heavy (non-hydrogen) atoms. The van der Waals surface area contributed by atoms with Crippen molar-refractivity contribution in [3.8, 4) is 11.5 Å². The van der Waals surface area contributed by atoms with E-state index in [1.807, 2.05) is 19.1 Å². The molecule has 0 amide bonds. The molecule has 0 aromatic heterocycles. The van der Waals surface area contributed by atoms with Crippen molar-refractivity contribution in [2.75, 3.05) is 26.5 Å². The first-order valence-electron chi connectivity index (χ1n) is 14.3. The van der Waals surface area contributed by atoms with Crippen molar-refractivity contribution in [2.24, 2.45) is 0 Å². The zero-order chi connectivity index (χ0) is 29.6. The minimum Gasteiger partial charge on any atom is -0.460 e. The standard InChI is InChI=1S/C30H39F2NO8/c1-18-14-29-8-5-10-33(29)11-6-19-12-21-22(40-17-39-21)13-20(19)25(29)26(18)41-27(35)30(37,9-4-7-28(2,3)36)15-24(34)38-16-23(31)32/h12-14,23,25-26,36-37H,4-11,15-17H2,1-3H3/t25-,26?,29?,30?/m1/s1. The lowest BCUT2D eigenvalue weighted by molar-refractivity contribution is -0.178. The van der Waals surface area contributed by atoms with Gasteiger partial charge >= 0.3 is 11.9 Å². The van der Waals surface area contributed by atoms with Crippen LogP contribution in [0.4, 0.5) is 8.78 Å². The number of benzene rings is 1. The van der Waals surface area contributed by atoms with E-state index in [4.69, 9.17) is 14.2 Å². The average Bonchev–Trinajstić information content (AvgIpc) is 3.55. The Kier molecular flexibility index (Phi) is 8.08. The fraction of sp³-hybridized carbons (Fsp3) is 0.667. The highest BCUT2D eigenvalue weighted by Gasteiger charge is 2.57. The van der Waals surface area contributed by atoms with Crippen LogP contribution in [0.25, 0.3) is 0 Å². The third-order valence-electron chi connectivity index (χ3n) is 8.78. The Labute approximate surface area is 238 Å². The van der Waals surface area contributed by atoms with E-state index in [1.54, 1.807) is 13.8 Å². The minimum atomic E-state index is -2.88. The summed E-state index contributed by atoms with van der Waals surface area (Å²) in [6.07, 6.45) is 0.563. The second-order valence-corrected chi connectivity index (χ2v) is 12.4. The number of carbonyl (C=O) groups excluding carboxylic acids is 2. The van der Waals surface area contributed by atoms with E-state index in [9.17, 15) is 28.6 Å². The monoisotopic (exact) mass is 579 g/mol. The highest BCUT2D eigenvalue weighted by Crippen LogP contribution is 2.55. The van der Waals surface area contributed by atoms with Crippen LogP contribution in [0.1, 0.15) is 76.3 Å². The lowest BCUT2D eigenvalue weighted by atomic mass is 9.77. The summed E-state index contributed by atoms with van der Waals surface area (Å²) in [6.45, 7) is 5.81. The quantitative estimate of drug-likeness (QED) is 0.317. The zero-order valence-electron chi connectivity index (χ0n) is 23.8. The molecule has 0 saturated carbocycles. The summed E-state index contributed by atoms with van der Waals surface area (Å²) in [5.74, 6) is -1.12. The van der Waals surface area contributed by atoms with E-state index in [-0.39, 0.29) is 37.5 Å². The number of halogens is 2. The summed E-state index contributed by atoms with van der Waals surface area (Å²) in [6, 6.07) is 3.96. The van der Waals surface area contributed by atoms with Gasteiger partial charge in [-0.25, -0.2) is 13.6 Å². The van der Waals surface area contributed by atoms with Crippen LogP contribution in [-0.4, -0.2) is 82.8 Å². The van der Waals surface area contributed by atoms with Gasteiger partial charge in [-0.3, -0.25) is 9.69 Å². The number of aliphatic hydroxyl groups is 2. The van der Waals surface area contributed by atoms with E-state index in [2.05, 4.69) is 15.7 Å². The maximum atomic E-state index is 13.8. The molecule has 9 nitrogen and oxygen atoms in total. The van der Waals surface area contributed by atoms with Gasteiger partial charge in [-0.15, -0.1) is 0 Å². The molecule has 0 radical (unpaired) electrons. The Balaban J connectivity index is 1.45. The van der Waals surface area contributed by atoms with Crippen molar-refractivity contribution in [3.63, 3.8) is 0 Å². The molecule has 226 valence electrons. The van der Waals surface area contributed by atoms with Gasteiger partial charge in [0.15, 0.2) is 23.7 Å². The molecule has 4 atom stereocenters. The Hall–Kier alpha value is -2.76. The summed E-state index contributed by atoms with van der Waals surface area (Å²) >= 11 is 0. The molecule has 2 N–H and O–H groups in total. The molecule has 3 unspecified atom stereocenters. The normalized spacial score (nSPS) is 26.5. The van der Waals surface area contributed by atoms with Gasteiger partial charge in [0.1, 0.15) is 6.10 Å². The summed E-state index contributed by atoms with van der Waals surface area (Å²) in [5.41, 5.74) is -0.874. The summed E-state index contributed by atoms with van der Waals surface area (Å²) in [5, 5.41) is 21.7. The number of alkyl halides is 2. The van der Waals surface area contributed by atoms with Crippen molar-refractivity contribution in [2.45, 2.75) is 101 Å². The maximum absolute atomic E-state index is 13.8. The SMILES string of the molecule is CC1=CC23CCCN2CCc2cc4c(cc2[C@@H]3C1OC(=O)C(O)(CCCC(C)(C)O)CC(=O)OCC(F)F)OCO4. The van der Waals surface area contributed by atoms with Crippen LogP contribution in [0, 0.1) is 0 Å². The van der Waals surface area contributed by atoms with Crippen LogP contribution in [0.3, 0.4) is 0 Å². The number of hydrogen-bond acceptors (Lipinski definition) is 9. The minimum absolute atomic E-state index is 0.134. The fourth-order valence-electron chi connectivity index (χ4n) is 6.95. The number of hydrogen-bond donors (Lipinski definition) is 2. The van der Waals surface area contributed by atoms with Gasteiger partial charge in [0.2, 0.25) is 6.79 Å². The highest BCUT2D eigenvalue weighted by molar-refractivity contribution is 5.86. The smallest absolute Gasteiger partial charge is 0.339 e. The van der Waals surface area contributed by atoms with Crippen LogP contribution >= 0.6 is 0 Å². The van der Waals surface area contributed by atoms with E-state index >= 15 is 0 Å². The number of carbonyl (C=O) groups is 2. The molecular formula is C30H39F2NO8. The Morgan fingerprint density at radius 3 is 2.61 bits per heavy atom. The second-order valence-electron chi connectivity index (χ2n) is 12.4. The first-order chi connectivity index (χ1) is 19.3. The summed E-state index contributed by atoms with van der Waals surface area (Å²) in [7, 11) is 0. The van der Waals surface area contributed by atoms with Gasteiger partial charge < -0.3 is 29.2 Å². The van der Waals surface area contributed by atoms with E-state index in [0.717, 1.165) is 49.1 Å². The van der Waals surface area contributed by atoms with Gasteiger partial charge in [0.05, 0.1) is 17.6 Å². The molecule has 1 spiro atoms. The largest absolute Gasteiger partial charge is 0.460 e. The molecular weight excluding hydrogens is 540 g/mol. The lowest BCUT2D eigenvalue weighted by Crippen LogP contribution is -2.49. The Morgan fingerprint density at radius 1 is 1.17 bits per heavy atom. The van der Waals surface area contributed by atoms with Gasteiger partial charge in [-0.1, -0.05) is 6.08 Å². The van der Waals surface area contributed by atoms with Gasteiger partial charge in [0, 0.05) is 12.5 Å². The van der Waals surface area contributed by atoms with E-state index < -0.39 is 48.7 Å². The van der Waals surface area contributed by atoms with Crippen molar-refractivity contribution in [1.29, 1.82) is 0 Å². The highest BCUT2D eigenvalue weighted by atomic mass is 19.3. The summed E-state index contributed by atoms with van der Waals surface area (Å²) in [4.78, 5) is 28.6. The van der Waals surface area contributed by atoms with Crippen molar-refractivity contribution in [3.05, 3.63) is 34.9 Å². The Morgan fingerprint density at radius 2 is 1.90 bits per heavy atom. The van der Waals surface area contributed by atoms with Gasteiger partial charge in [-0.05, 0) is 94.7 Å². The van der Waals surface area contributed by atoms with Crippen molar-refractivity contribution < 1.29 is 47.5 Å². The van der Waals surface area contributed by atoms with E-state index in [1.165, 1.54) is 0 Å². The molecule has 1 fully saturated rings. The molecule has 4 aliphatic rings. The molecule has 1 saturated heterocycles. The first kappa shape index (κ1) is 29.7. The molecule has 5 rings (SSSR count). The van der Waals surface area contributed by atoms with Crippen LogP contribution in [0.15, 0.2) is 23.8 Å². The molecule has 11 heteroatoms. The lowest BCUT2D eigenvalue weighted by Gasteiger charge is -2.40. The Bertz CT molecular complexity index is 1210. The predicted molar refractivity (Wildman–Crippen MR) is 143 cm³/mol. The van der Waals surface area contributed by atoms with Crippen molar-refractivity contribution in [1.82, 2.24) is 4.90 Å². The van der Waals surface area contributed by atoms with Crippen LogP contribution in [-0.2, 0) is 25.5 Å². The predicted octanol–water partition coefficient (Wildman–Crippen LogP) is 3.63. The van der Waals surface area contributed by atoms with Crippen LogP contribution in [0.2, 0.25) is 0 Å². The molecule has 0 bridgehead atoms. The van der Waals surface area contributed by atoms with Crippen LogP contribution in [0.5, 0.6) is 11.5 Å². The molecule has 3 heterocycles. The number of rotatable bonds is 10. The molecule has 1 aromatic rings. The first-order valence-corrected chi connectivity index (χ1v) is 14.3. The maximum Gasteiger partial charge on any atom is 0.339 e. The summed E-state index contributed by atoms with van der Waals surface area (Å²) < 4.78 is 47.3. The molecule has 1 aliphatic carbocycles. The third-order valence-corrected chi connectivity index (χ3v) is 8.78. The average molecular weight is 580 g/mol.